The van der Waals surface area contributed by atoms with E-state index in [9.17, 15) is 18.0 Å². The fraction of sp³-hybridized carbons (Fsp3) is 0.444. The Bertz CT molecular complexity index is 309. The van der Waals surface area contributed by atoms with Gasteiger partial charge in [0.05, 0.1) is 0 Å². The lowest BCUT2D eigenvalue weighted by Gasteiger charge is -2.28. The summed E-state index contributed by atoms with van der Waals surface area (Å²) in [6.07, 6.45) is -1.67. The predicted octanol–water partition coefficient (Wildman–Crippen LogP) is 2.96. The molecule has 0 aromatic carbocycles. The van der Waals surface area contributed by atoms with Crippen molar-refractivity contribution in [3.05, 3.63) is 22.8 Å². The zero-order valence-corrected chi connectivity index (χ0v) is 9.31. The van der Waals surface area contributed by atoms with E-state index in [1.165, 1.54) is 11.1 Å². The molecule has 84 valence electrons. The fourth-order valence-electron chi connectivity index (χ4n) is 1.33. The molecule has 0 unspecified atom stereocenters. The second kappa shape index (κ2) is 4.83. The molecule has 1 aliphatic heterocycles. The molecule has 0 aromatic heterocycles. The molecular formula is C9H9BrF3NO. The minimum atomic E-state index is -4.46. The molecule has 0 radical (unpaired) electrons. The van der Waals surface area contributed by atoms with Gasteiger partial charge in [0.25, 0.3) is 0 Å². The quantitative estimate of drug-likeness (QED) is 0.763. The molecule has 15 heavy (non-hydrogen) atoms. The molecule has 0 bridgehead atoms. The van der Waals surface area contributed by atoms with E-state index in [2.05, 4.69) is 15.9 Å². The maximum atomic E-state index is 12.5. The van der Waals surface area contributed by atoms with Gasteiger partial charge in [-0.15, -0.1) is 0 Å². The number of amides is 1. The van der Waals surface area contributed by atoms with Gasteiger partial charge in [-0.1, -0.05) is 28.1 Å². The largest absolute Gasteiger partial charge is 0.431 e. The molecule has 0 aromatic rings. The highest BCUT2D eigenvalue weighted by Crippen LogP contribution is 2.32. The topological polar surface area (TPSA) is 20.3 Å². The summed E-state index contributed by atoms with van der Waals surface area (Å²) in [6.45, 7) is -0.0601. The van der Waals surface area contributed by atoms with Gasteiger partial charge in [0.1, 0.15) is 5.70 Å². The average molecular weight is 284 g/mol. The van der Waals surface area contributed by atoms with Crippen LogP contribution in [0.4, 0.5) is 13.2 Å². The van der Waals surface area contributed by atoms with Crippen LogP contribution < -0.4 is 0 Å². The van der Waals surface area contributed by atoms with Crippen LogP contribution >= 0.6 is 15.9 Å². The van der Waals surface area contributed by atoms with Crippen LogP contribution in [-0.2, 0) is 4.79 Å². The Morgan fingerprint density at radius 3 is 2.73 bits per heavy atom. The van der Waals surface area contributed by atoms with Crippen LogP contribution in [0.5, 0.6) is 0 Å². The summed E-state index contributed by atoms with van der Waals surface area (Å²) in [4.78, 5) is 13.5. The fourth-order valence-corrected chi connectivity index (χ4v) is 1.49. The molecular weight excluding hydrogens is 275 g/mol. The minimum Gasteiger partial charge on any atom is -0.304 e. The molecule has 0 saturated heterocycles. The number of alkyl halides is 3. The van der Waals surface area contributed by atoms with Crippen molar-refractivity contribution in [1.82, 2.24) is 4.90 Å². The Morgan fingerprint density at radius 1 is 1.53 bits per heavy atom. The smallest absolute Gasteiger partial charge is 0.304 e. The standard InChI is InChI=1S/C9H9BrF3NO/c10-5-2-6-14-7(9(11,12)13)3-1-4-8(14)15/h2-3,5H,1,4,6H2/b5-2-. The second-order valence-electron chi connectivity index (χ2n) is 2.99. The van der Waals surface area contributed by atoms with Gasteiger partial charge < -0.3 is 4.90 Å². The Kier molecular flexibility index (Phi) is 3.96. The van der Waals surface area contributed by atoms with Gasteiger partial charge in [-0.2, -0.15) is 13.2 Å². The van der Waals surface area contributed by atoms with E-state index in [0.717, 1.165) is 11.0 Å². The van der Waals surface area contributed by atoms with E-state index in [1.807, 2.05) is 0 Å². The maximum Gasteiger partial charge on any atom is 0.431 e. The van der Waals surface area contributed by atoms with Gasteiger partial charge in [0.15, 0.2) is 0 Å². The lowest BCUT2D eigenvalue weighted by atomic mass is 10.1. The van der Waals surface area contributed by atoms with Crippen LogP contribution in [0.1, 0.15) is 12.8 Å². The van der Waals surface area contributed by atoms with Crippen molar-refractivity contribution in [1.29, 1.82) is 0 Å². The molecule has 1 amide bonds. The number of rotatable bonds is 2. The van der Waals surface area contributed by atoms with Crippen molar-refractivity contribution in [2.75, 3.05) is 6.54 Å². The number of hydrogen-bond donors (Lipinski definition) is 0. The summed E-state index contributed by atoms with van der Waals surface area (Å²) in [5, 5.41) is 0. The number of hydrogen-bond acceptors (Lipinski definition) is 1. The first-order valence-electron chi connectivity index (χ1n) is 4.29. The number of nitrogens with zero attached hydrogens (tertiary/aromatic N) is 1. The molecule has 0 spiro atoms. The summed E-state index contributed by atoms with van der Waals surface area (Å²) in [6, 6.07) is 0. The number of carbonyl (C=O) groups is 1. The highest BCUT2D eigenvalue weighted by Gasteiger charge is 2.40. The van der Waals surface area contributed by atoms with Crippen LogP contribution in [0.15, 0.2) is 22.8 Å². The Morgan fingerprint density at radius 2 is 2.20 bits per heavy atom. The van der Waals surface area contributed by atoms with Crippen molar-refractivity contribution < 1.29 is 18.0 Å². The number of carbonyl (C=O) groups excluding carboxylic acids is 1. The average Bonchev–Trinajstić information content (AvgIpc) is 2.14. The third-order valence-electron chi connectivity index (χ3n) is 1.96. The monoisotopic (exact) mass is 283 g/mol. The molecule has 0 aliphatic carbocycles. The third-order valence-corrected chi connectivity index (χ3v) is 2.33. The first kappa shape index (κ1) is 12.3. The SMILES string of the molecule is O=C1CCC=C(C(F)(F)F)N1C/C=C\Br. The lowest BCUT2D eigenvalue weighted by molar-refractivity contribution is -0.143. The van der Waals surface area contributed by atoms with Gasteiger partial charge in [-0.3, -0.25) is 4.79 Å². The zero-order valence-electron chi connectivity index (χ0n) is 7.72. The maximum absolute atomic E-state index is 12.5. The molecule has 1 aliphatic rings. The molecule has 2 nitrogen and oxygen atoms in total. The molecule has 0 fully saturated rings. The summed E-state index contributed by atoms with van der Waals surface area (Å²) in [5.41, 5.74) is -0.857. The lowest BCUT2D eigenvalue weighted by Crippen LogP contribution is -2.38. The molecule has 1 rings (SSSR count). The van der Waals surface area contributed by atoms with E-state index in [-0.39, 0.29) is 19.4 Å². The van der Waals surface area contributed by atoms with Crippen molar-refractivity contribution in [3.63, 3.8) is 0 Å². The Labute approximate surface area is 93.6 Å². The molecule has 6 heteroatoms. The van der Waals surface area contributed by atoms with Crippen LogP contribution in [0.3, 0.4) is 0 Å². The van der Waals surface area contributed by atoms with Gasteiger partial charge in [0, 0.05) is 13.0 Å². The van der Waals surface area contributed by atoms with Crippen LogP contribution in [0, 0.1) is 0 Å². The van der Waals surface area contributed by atoms with E-state index >= 15 is 0 Å². The van der Waals surface area contributed by atoms with Crippen molar-refractivity contribution in [2.24, 2.45) is 0 Å². The molecule has 0 atom stereocenters. The van der Waals surface area contributed by atoms with Crippen LogP contribution in [-0.4, -0.2) is 23.5 Å². The molecule has 0 N–H and O–H groups in total. The van der Waals surface area contributed by atoms with Crippen molar-refractivity contribution in [3.8, 4) is 0 Å². The van der Waals surface area contributed by atoms with Crippen LogP contribution in [0.25, 0.3) is 0 Å². The summed E-state index contributed by atoms with van der Waals surface area (Å²) >= 11 is 2.95. The van der Waals surface area contributed by atoms with E-state index in [0.29, 0.717) is 0 Å². The highest BCUT2D eigenvalue weighted by molar-refractivity contribution is 9.11. The molecule has 0 saturated carbocycles. The van der Waals surface area contributed by atoms with E-state index < -0.39 is 17.8 Å². The summed E-state index contributed by atoms with van der Waals surface area (Å²) in [7, 11) is 0. The normalized spacial score (nSPS) is 18.5. The minimum absolute atomic E-state index is 0.0601. The third kappa shape index (κ3) is 3.09. The van der Waals surface area contributed by atoms with Gasteiger partial charge in [-0.25, -0.2) is 0 Å². The Hall–Kier alpha value is -0.780. The number of allylic oxidation sites excluding steroid dienone is 2. The predicted molar refractivity (Wildman–Crippen MR) is 53.2 cm³/mol. The number of halogens is 4. The molecule has 1 heterocycles. The van der Waals surface area contributed by atoms with E-state index in [1.54, 1.807) is 0 Å². The van der Waals surface area contributed by atoms with Gasteiger partial charge in [0.2, 0.25) is 5.91 Å². The first-order valence-corrected chi connectivity index (χ1v) is 5.21. The van der Waals surface area contributed by atoms with Gasteiger partial charge >= 0.3 is 6.18 Å². The van der Waals surface area contributed by atoms with E-state index in [4.69, 9.17) is 0 Å². The Balaban J connectivity index is 2.90. The highest BCUT2D eigenvalue weighted by atomic mass is 79.9. The van der Waals surface area contributed by atoms with Crippen molar-refractivity contribution >= 4 is 21.8 Å². The zero-order chi connectivity index (χ0) is 11.5. The summed E-state index contributed by atoms with van der Waals surface area (Å²) < 4.78 is 37.5. The van der Waals surface area contributed by atoms with Crippen molar-refractivity contribution in [2.45, 2.75) is 19.0 Å². The second-order valence-corrected chi connectivity index (χ2v) is 3.52. The summed E-state index contributed by atoms with van der Waals surface area (Å²) in [5.74, 6) is -0.490. The van der Waals surface area contributed by atoms with Gasteiger partial charge in [-0.05, 0) is 11.4 Å². The van der Waals surface area contributed by atoms with Crippen LogP contribution in [0.2, 0.25) is 0 Å². The first-order chi connectivity index (χ1) is 6.96.